The van der Waals surface area contributed by atoms with Gasteiger partial charge in [-0.25, -0.2) is 0 Å². The summed E-state index contributed by atoms with van der Waals surface area (Å²) in [6.45, 7) is 1.89. The molecule has 0 bridgehead atoms. The Kier molecular flexibility index (Phi) is 4.89. The van der Waals surface area contributed by atoms with E-state index in [1.807, 2.05) is 17.0 Å². The summed E-state index contributed by atoms with van der Waals surface area (Å²) < 4.78 is 1.68. The highest BCUT2D eigenvalue weighted by atomic mass is 16.6. The molecule has 3 heterocycles. The molecule has 1 aliphatic rings. The third-order valence-corrected chi connectivity index (χ3v) is 6.21. The first kappa shape index (κ1) is 19.3. The number of fused-ring (bicyclic) bond motifs is 2. The number of piperidine rings is 1. The average molecular weight is 417 g/mol. The number of carbonyl (C=O) groups is 1. The summed E-state index contributed by atoms with van der Waals surface area (Å²) in [6, 6.07) is 15.2. The van der Waals surface area contributed by atoms with Crippen LogP contribution in [0.4, 0.5) is 5.69 Å². The lowest BCUT2D eigenvalue weighted by Gasteiger charge is -2.31. The smallest absolute Gasteiger partial charge is 0.271 e. The van der Waals surface area contributed by atoms with Gasteiger partial charge in [-0.3, -0.25) is 19.6 Å². The summed E-state index contributed by atoms with van der Waals surface area (Å²) >= 11 is 0. The van der Waals surface area contributed by atoms with Crippen LogP contribution in [0.25, 0.3) is 21.8 Å². The standard InChI is InChI=1S/C23H23N5O3/c29-23(9-12-27-22-14-19(28(30)31)6-5-18(22)15-24-27)26-10-7-16(8-11-26)21-13-17-3-1-2-4-20(17)25-21/h1-6,13-16,25H,7-12H2. The largest absolute Gasteiger partial charge is 0.358 e. The van der Waals surface area contributed by atoms with E-state index in [1.54, 1.807) is 16.9 Å². The van der Waals surface area contributed by atoms with Crippen molar-refractivity contribution in [1.82, 2.24) is 19.7 Å². The number of nitro groups is 1. The maximum absolute atomic E-state index is 12.8. The van der Waals surface area contributed by atoms with E-state index in [4.69, 9.17) is 0 Å². The molecule has 2 aromatic heterocycles. The quantitative estimate of drug-likeness (QED) is 0.388. The Morgan fingerprint density at radius 2 is 1.94 bits per heavy atom. The van der Waals surface area contributed by atoms with E-state index in [-0.39, 0.29) is 11.6 Å². The Hall–Kier alpha value is -3.68. The Morgan fingerprint density at radius 3 is 2.71 bits per heavy atom. The van der Waals surface area contributed by atoms with Gasteiger partial charge in [0.05, 0.1) is 23.2 Å². The van der Waals surface area contributed by atoms with E-state index in [9.17, 15) is 14.9 Å². The number of amides is 1. The van der Waals surface area contributed by atoms with E-state index >= 15 is 0 Å². The van der Waals surface area contributed by atoms with E-state index < -0.39 is 4.92 Å². The van der Waals surface area contributed by atoms with Gasteiger partial charge in [-0.05, 0) is 36.4 Å². The molecule has 2 aromatic carbocycles. The number of hydrogen-bond donors (Lipinski definition) is 1. The number of rotatable bonds is 5. The lowest BCUT2D eigenvalue weighted by molar-refractivity contribution is -0.384. The molecule has 8 heteroatoms. The van der Waals surface area contributed by atoms with Crippen LogP contribution in [0, 0.1) is 10.1 Å². The highest BCUT2D eigenvalue weighted by molar-refractivity contribution is 5.82. The van der Waals surface area contributed by atoms with Crippen molar-refractivity contribution in [1.29, 1.82) is 0 Å². The van der Waals surface area contributed by atoms with Crippen molar-refractivity contribution in [3.8, 4) is 0 Å². The number of carbonyl (C=O) groups excluding carboxylic acids is 1. The minimum absolute atomic E-state index is 0.0274. The van der Waals surface area contributed by atoms with Gasteiger partial charge in [0.2, 0.25) is 5.91 Å². The molecule has 4 aromatic rings. The lowest BCUT2D eigenvalue weighted by atomic mass is 9.93. The van der Waals surface area contributed by atoms with Gasteiger partial charge in [0.15, 0.2) is 0 Å². The molecular weight excluding hydrogens is 394 g/mol. The summed E-state index contributed by atoms with van der Waals surface area (Å²) in [5, 5.41) is 17.4. The maximum Gasteiger partial charge on any atom is 0.271 e. The molecule has 1 saturated heterocycles. The van der Waals surface area contributed by atoms with Crippen LogP contribution in [-0.2, 0) is 11.3 Å². The molecule has 5 rings (SSSR count). The molecule has 0 aliphatic carbocycles. The van der Waals surface area contributed by atoms with Gasteiger partial charge < -0.3 is 9.88 Å². The fraction of sp³-hybridized carbons (Fsp3) is 0.304. The van der Waals surface area contributed by atoms with Crippen molar-refractivity contribution in [3.63, 3.8) is 0 Å². The molecule has 1 N–H and O–H groups in total. The van der Waals surface area contributed by atoms with Crippen LogP contribution in [0.2, 0.25) is 0 Å². The predicted octanol–water partition coefficient (Wildman–Crippen LogP) is 4.22. The van der Waals surface area contributed by atoms with Gasteiger partial charge in [-0.15, -0.1) is 0 Å². The van der Waals surface area contributed by atoms with E-state index in [1.165, 1.54) is 23.2 Å². The number of aromatic amines is 1. The Morgan fingerprint density at radius 1 is 1.13 bits per heavy atom. The highest BCUT2D eigenvalue weighted by Crippen LogP contribution is 2.30. The molecule has 31 heavy (non-hydrogen) atoms. The molecule has 0 atom stereocenters. The second kappa shape index (κ2) is 7.86. The number of H-pyrrole nitrogens is 1. The summed E-state index contributed by atoms with van der Waals surface area (Å²) in [6.07, 6.45) is 3.89. The van der Waals surface area contributed by atoms with E-state index in [0.29, 0.717) is 24.4 Å². The Balaban J connectivity index is 1.20. The highest BCUT2D eigenvalue weighted by Gasteiger charge is 2.25. The number of aryl methyl sites for hydroxylation is 1. The minimum Gasteiger partial charge on any atom is -0.358 e. The van der Waals surface area contributed by atoms with Crippen molar-refractivity contribution in [2.24, 2.45) is 0 Å². The normalized spacial score (nSPS) is 15.0. The zero-order valence-electron chi connectivity index (χ0n) is 17.0. The first-order valence-electron chi connectivity index (χ1n) is 10.5. The number of benzene rings is 2. The molecule has 1 fully saturated rings. The van der Waals surface area contributed by atoms with Crippen molar-refractivity contribution < 1.29 is 9.72 Å². The fourth-order valence-electron chi connectivity index (χ4n) is 4.47. The molecule has 1 aliphatic heterocycles. The zero-order valence-corrected chi connectivity index (χ0v) is 17.0. The predicted molar refractivity (Wildman–Crippen MR) is 118 cm³/mol. The number of aromatic nitrogens is 3. The number of nitrogens with one attached hydrogen (secondary N) is 1. The van der Waals surface area contributed by atoms with Crippen molar-refractivity contribution >= 4 is 33.4 Å². The number of likely N-dealkylation sites (tertiary alicyclic amines) is 1. The molecule has 0 spiro atoms. The van der Waals surface area contributed by atoms with Crippen LogP contribution in [0.5, 0.6) is 0 Å². The van der Waals surface area contributed by atoms with Crippen LogP contribution in [0.15, 0.2) is 54.7 Å². The average Bonchev–Trinajstić information content (AvgIpc) is 3.41. The van der Waals surface area contributed by atoms with Crippen LogP contribution >= 0.6 is 0 Å². The van der Waals surface area contributed by atoms with Crippen LogP contribution in [-0.4, -0.2) is 43.6 Å². The monoisotopic (exact) mass is 417 g/mol. The zero-order chi connectivity index (χ0) is 21.4. The molecule has 1 amide bonds. The second-order valence-corrected chi connectivity index (χ2v) is 8.08. The first-order chi connectivity index (χ1) is 15.1. The third-order valence-electron chi connectivity index (χ3n) is 6.21. The molecule has 158 valence electrons. The van der Waals surface area contributed by atoms with Gasteiger partial charge in [0, 0.05) is 54.2 Å². The van der Waals surface area contributed by atoms with Gasteiger partial charge in [0.25, 0.3) is 5.69 Å². The maximum atomic E-state index is 12.8. The summed E-state index contributed by atoms with van der Waals surface area (Å²) in [5.74, 6) is 0.538. The van der Waals surface area contributed by atoms with Gasteiger partial charge in [-0.2, -0.15) is 5.10 Å². The number of nitrogens with zero attached hydrogens (tertiary/aromatic N) is 4. The molecular formula is C23H23N5O3. The van der Waals surface area contributed by atoms with Crippen molar-refractivity contribution in [2.45, 2.75) is 31.7 Å². The van der Waals surface area contributed by atoms with Crippen molar-refractivity contribution in [2.75, 3.05) is 13.1 Å². The molecule has 0 saturated carbocycles. The van der Waals surface area contributed by atoms with E-state index in [0.717, 1.165) is 36.8 Å². The summed E-state index contributed by atoms with van der Waals surface area (Å²) in [7, 11) is 0. The summed E-state index contributed by atoms with van der Waals surface area (Å²) in [5.41, 5.74) is 3.11. The van der Waals surface area contributed by atoms with Crippen molar-refractivity contribution in [3.05, 3.63) is 70.5 Å². The minimum atomic E-state index is -0.417. The van der Waals surface area contributed by atoms with Crippen LogP contribution in [0.3, 0.4) is 0 Å². The third kappa shape index (κ3) is 3.76. The first-order valence-corrected chi connectivity index (χ1v) is 10.5. The van der Waals surface area contributed by atoms with Crippen LogP contribution < -0.4 is 0 Å². The van der Waals surface area contributed by atoms with Crippen LogP contribution in [0.1, 0.15) is 30.9 Å². The topological polar surface area (TPSA) is 97.1 Å². The Bertz CT molecular complexity index is 1230. The summed E-state index contributed by atoms with van der Waals surface area (Å²) in [4.78, 5) is 28.8. The van der Waals surface area contributed by atoms with E-state index in [2.05, 4.69) is 28.3 Å². The molecule has 0 radical (unpaired) electrons. The second-order valence-electron chi connectivity index (χ2n) is 8.08. The number of non-ortho nitro benzene ring substituents is 1. The number of hydrogen-bond acceptors (Lipinski definition) is 4. The number of para-hydroxylation sites is 1. The lowest BCUT2D eigenvalue weighted by Crippen LogP contribution is -2.38. The van der Waals surface area contributed by atoms with Gasteiger partial charge in [-0.1, -0.05) is 18.2 Å². The van der Waals surface area contributed by atoms with Gasteiger partial charge >= 0.3 is 0 Å². The SMILES string of the molecule is O=C(CCn1ncc2ccc([N+](=O)[O-])cc21)N1CCC(c2cc3ccccc3[nH]2)CC1. The fourth-order valence-corrected chi connectivity index (χ4v) is 4.47. The number of nitro benzene ring substituents is 1. The molecule has 8 nitrogen and oxygen atoms in total. The van der Waals surface area contributed by atoms with Gasteiger partial charge in [0.1, 0.15) is 0 Å². The molecule has 0 unspecified atom stereocenters. The Labute approximate surface area is 178 Å².